The van der Waals surface area contributed by atoms with E-state index in [4.69, 9.17) is 4.74 Å². The number of hydrogen-bond donors (Lipinski definition) is 0. The highest BCUT2D eigenvalue weighted by atomic mass is 16.6. The molecule has 0 fully saturated rings. The van der Waals surface area contributed by atoms with Gasteiger partial charge in [-0.1, -0.05) is 0 Å². The van der Waals surface area contributed by atoms with Crippen LogP contribution in [-0.4, -0.2) is 35.0 Å². The van der Waals surface area contributed by atoms with Crippen molar-refractivity contribution in [3.63, 3.8) is 0 Å². The molecule has 0 bridgehead atoms. The van der Waals surface area contributed by atoms with Crippen molar-refractivity contribution in [1.82, 2.24) is 9.88 Å². The third kappa shape index (κ3) is 6.02. The van der Waals surface area contributed by atoms with Gasteiger partial charge in [-0.2, -0.15) is 0 Å². The van der Waals surface area contributed by atoms with E-state index >= 15 is 0 Å². The van der Waals surface area contributed by atoms with Crippen LogP contribution >= 0.6 is 0 Å². The smallest absolute Gasteiger partial charge is 0.320 e. The first-order chi connectivity index (χ1) is 7.87. The lowest BCUT2D eigenvalue weighted by Gasteiger charge is -2.22. The number of ether oxygens (including phenoxy) is 1. The third-order valence-electron chi connectivity index (χ3n) is 2.02. The van der Waals surface area contributed by atoms with Crippen LogP contribution in [0.4, 0.5) is 0 Å². The van der Waals surface area contributed by atoms with E-state index in [2.05, 4.69) is 4.98 Å². The Bertz CT molecular complexity index is 357. The molecule has 1 aromatic heterocycles. The van der Waals surface area contributed by atoms with E-state index in [1.165, 1.54) is 0 Å². The predicted molar refractivity (Wildman–Crippen MR) is 66.4 cm³/mol. The molecule has 0 saturated heterocycles. The van der Waals surface area contributed by atoms with Crippen LogP contribution in [0.2, 0.25) is 0 Å². The fourth-order valence-corrected chi connectivity index (χ4v) is 1.45. The minimum Gasteiger partial charge on any atom is -0.459 e. The van der Waals surface area contributed by atoms with E-state index in [0.717, 1.165) is 5.56 Å². The van der Waals surface area contributed by atoms with Crippen molar-refractivity contribution >= 4 is 5.97 Å². The molecule has 0 unspecified atom stereocenters. The van der Waals surface area contributed by atoms with Crippen LogP contribution in [0.1, 0.15) is 26.3 Å². The first kappa shape index (κ1) is 13.6. The average molecular weight is 236 g/mol. The molecule has 0 spiro atoms. The van der Waals surface area contributed by atoms with Crippen LogP contribution in [0.15, 0.2) is 24.5 Å². The molecule has 0 N–H and O–H groups in total. The number of nitrogens with zero attached hydrogens (tertiary/aromatic N) is 2. The lowest BCUT2D eigenvalue weighted by atomic mass is 10.2. The second-order valence-electron chi connectivity index (χ2n) is 5.11. The zero-order chi connectivity index (χ0) is 12.9. The van der Waals surface area contributed by atoms with Crippen LogP contribution in [0, 0.1) is 0 Å². The summed E-state index contributed by atoms with van der Waals surface area (Å²) in [5.74, 6) is -0.200. The Kier molecular flexibility index (Phi) is 4.63. The molecule has 0 aliphatic heterocycles. The van der Waals surface area contributed by atoms with Crippen molar-refractivity contribution in [3.8, 4) is 0 Å². The summed E-state index contributed by atoms with van der Waals surface area (Å²) >= 11 is 0. The molecule has 0 amide bonds. The average Bonchev–Trinajstić information content (AvgIpc) is 2.15. The fourth-order valence-electron chi connectivity index (χ4n) is 1.45. The van der Waals surface area contributed by atoms with Gasteiger partial charge in [-0.3, -0.25) is 14.7 Å². The second-order valence-corrected chi connectivity index (χ2v) is 5.11. The number of hydrogen-bond acceptors (Lipinski definition) is 4. The van der Waals surface area contributed by atoms with E-state index in [-0.39, 0.29) is 5.97 Å². The van der Waals surface area contributed by atoms with Gasteiger partial charge in [0.1, 0.15) is 5.60 Å². The Labute approximate surface area is 103 Å². The monoisotopic (exact) mass is 236 g/mol. The molecule has 17 heavy (non-hydrogen) atoms. The molecular weight excluding hydrogens is 216 g/mol. The number of esters is 1. The largest absolute Gasteiger partial charge is 0.459 e. The Morgan fingerprint density at radius 1 is 1.35 bits per heavy atom. The number of likely N-dealkylation sites (N-methyl/N-ethyl adjacent to an activating group) is 1. The van der Waals surface area contributed by atoms with Gasteiger partial charge in [0.05, 0.1) is 6.54 Å². The predicted octanol–water partition coefficient (Wildman–Crippen LogP) is 1.86. The second kappa shape index (κ2) is 5.77. The van der Waals surface area contributed by atoms with Crippen LogP contribution < -0.4 is 0 Å². The summed E-state index contributed by atoms with van der Waals surface area (Å²) < 4.78 is 5.25. The molecule has 94 valence electrons. The van der Waals surface area contributed by atoms with Gasteiger partial charge in [0.25, 0.3) is 0 Å². The third-order valence-corrected chi connectivity index (χ3v) is 2.02. The van der Waals surface area contributed by atoms with Gasteiger partial charge in [-0.25, -0.2) is 0 Å². The molecule has 0 aliphatic carbocycles. The van der Waals surface area contributed by atoms with Crippen LogP contribution in [0.3, 0.4) is 0 Å². The molecule has 0 radical (unpaired) electrons. The Morgan fingerprint density at radius 2 is 1.94 bits per heavy atom. The molecule has 1 heterocycles. The summed E-state index contributed by atoms with van der Waals surface area (Å²) in [7, 11) is 1.89. The quantitative estimate of drug-likeness (QED) is 0.748. The normalized spacial score (nSPS) is 11.6. The van der Waals surface area contributed by atoms with E-state index in [9.17, 15) is 4.79 Å². The Balaban J connectivity index is 2.40. The van der Waals surface area contributed by atoms with E-state index < -0.39 is 5.60 Å². The van der Waals surface area contributed by atoms with Gasteiger partial charge in [0, 0.05) is 18.9 Å². The van der Waals surface area contributed by atoms with Gasteiger partial charge >= 0.3 is 5.97 Å². The summed E-state index contributed by atoms with van der Waals surface area (Å²) in [4.78, 5) is 17.5. The van der Waals surface area contributed by atoms with Gasteiger partial charge in [0.2, 0.25) is 0 Å². The topological polar surface area (TPSA) is 42.4 Å². The first-order valence-electron chi connectivity index (χ1n) is 5.66. The van der Waals surface area contributed by atoms with E-state index in [1.807, 2.05) is 44.9 Å². The minimum atomic E-state index is -0.422. The fraction of sp³-hybridized carbons (Fsp3) is 0.538. The summed E-state index contributed by atoms with van der Waals surface area (Å²) in [5.41, 5.74) is 0.709. The van der Waals surface area contributed by atoms with Crippen LogP contribution in [0.25, 0.3) is 0 Å². The van der Waals surface area contributed by atoms with Crippen molar-refractivity contribution in [1.29, 1.82) is 0 Å². The van der Waals surface area contributed by atoms with Crippen LogP contribution in [0.5, 0.6) is 0 Å². The van der Waals surface area contributed by atoms with Crippen molar-refractivity contribution in [2.24, 2.45) is 0 Å². The first-order valence-corrected chi connectivity index (χ1v) is 5.66. The number of rotatable bonds is 4. The van der Waals surface area contributed by atoms with Gasteiger partial charge < -0.3 is 4.74 Å². The molecule has 0 aromatic carbocycles. The number of carbonyl (C=O) groups excluding carboxylic acids is 1. The highest BCUT2D eigenvalue weighted by Gasteiger charge is 2.17. The highest BCUT2D eigenvalue weighted by molar-refractivity contribution is 5.72. The summed E-state index contributed by atoms with van der Waals surface area (Å²) in [6, 6.07) is 3.87. The van der Waals surface area contributed by atoms with Crippen molar-refractivity contribution in [2.75, 3.05) is 13.6 Å². The molecule has 1 aromatic rings. The maximum absolute atomic E-state index is 11.6. The van der Waals surface area contributed by atoms with Crippen molar-refractivity contribution in [3.05, 3.63) is 30.1 Å². The summed E-state index contributed by atoms with van der Waals surface area (Å²) in [6.07, 6.45) is 3.49. The molecule has 4 heteroatoms. The Hall–Kier alpha value is -1.42. The number of carbonyl (C=O) groups is 1. The minimum absolute atomic E-state index is 0.200. The lowest BCUT2D eigenvalue weighted by Crippen LogP contribution is -2.32. The molecule has 4 nitrogen and oxygen atoms in total. The lowest BCUT2D eigenvalue weighted by molar-refractivity contribution is -0.155. The van der Waals surface area contributed by atoms with Crippen molar-refractivity contribution in [2.45, 2.75) is 32.9 Å². The van der Waals surface area contributed by atoms with E-state index in [0.29, 0.717) is 13.1 Å². The number of pyridine rings is 1. The van der Waals surface area contributed by atoms with Gasteiger partial charge in [-0.05, 0) is 45.5 Å². The zero-order valence-electron chi connectivity index (χ0n) is 10.9. The van der Waals surface area contributed by atoms with Crippen LogP contribution in [-0.2, 0) is 16.1 Å². The SMILES string of the molecule is CN(CC(=O)OC(C)(C)C)Cc1ccncc1. The highest BCUT2D eigenvalue weighted by Crippen LogP contribution is 2.08. The maximum atomic E-state index is 11.6. The Morgan fingerprint density at radius 3 is 2.47 bits per heavy atom. The molecule has 1 rings (SSSR count). The van der Waals surface area contributed by atoms with E-state index in [1.54, 1.807) is 12.4 Å². The molecule has 0 aliphatic rings. The standard InChI is InChI=1S/C13H20N2O2/c1-13(2,3)17-12(16)10-15(4)9-11-5-7-14-8-6-11/h5-8H,9-10H2,1-4H3. The zero-order valence-corrected chi connectivity index (χ0v) is 10.9. The number of aromatic nitrogens is 1. The molecular formula is C13H20N2O2. The van der Waals surface area contributed by atoms with Gasteiger partial charge in [-0.15, -0.1) is 0 Å². The van der Waals surface area contributed by atoms with Crippen molar-refractivity contribution < 1.29 is 9.53 Å². The van der Waals surface area contributed by atoms with Gasteiger partial charge in [0.15, 0.2) is 0 Å². The molecule has 0 atom stereocenters. The maximum Gasteiger partial charge on any atom is 0.320 e. The summed E-state index contributed by atoms with van der Waals surface area (Å²) in [6.45, 7) is 6.61. The summed E-state index contributed by atoms with van der Waals surface area (Å²) in [5, 5.41) is 0. The molecule has 0 saturated carbocycles.